The highest BCUT2D eigenvalue weighted by atomic mass is 35.5. The zero-order chi connectivity index (χ0) is 19.7. The summed E-state index contributed by atoms with van der Waals surface area (Å²) in [4.78, 5) is 14.9. The molecule has 2 aliphatic rings. The normalized spacial score (nSPS) is 19.4. The van der Waals surface area contributed by atoms with Gasteiger partial charge in [0.05, 0.1) is 12.1 Å². The third-order valence-electron chi connectivity index (χ3n) is 6.00. The summed E-state index contributed by atoms with van der Waals surface area (Å²) in [6.45, 7) is 3.09. The number of carbonyl (C=O) groups excluding carboxylic acids is 1. The first-order chi connectivity index (χ1) is 13.5. The maximum absolute atomic E-state index is 12.4. The van der Waals surface area contributed by atoms with Crippen molar-refractivity contribution in [2.75, 3.05) is 26.7 Å². The smallest absolute Gasteiger partial charge is 0.273 e. The number of benzene rings is 1. The minimum Gasteiger partial charge on any atom is -0.497 e. The van der Waals surface area contributed by atoms with E-state index in [9.17, 15) is 4.79 Å². The van der Waals surface area contributed by atoms with Gasteiger partial charge in [0.1, 0.15) is 5.75 Å². The van der Waals surface area contributed by atoms with Gasteiger partial charge in [0.2, 0.25) is 0 Å². The largest absolute Gasteiger partial charge is 0.497 e. The lowest BCUT2D eigenvalue weighted by Gasteiger charge is -2.35. The van der Waals surface area contributed by atoms with Gasteiger partial charge >= 0.3 is 0 Å². The first-order valence-corrected chi connectivity index (χ1v) is 10.2. The molecule has 1 aliphatic heterocycles. The second-order valence-electron chi connectivity index (χ2n) is 8.03. The number of nitrogens with one attached hydrogen (secondary N) is 1. The maximum atomic E-state index is 12.4. The number of halogens is 1. The van der Waals surface area contributed by atoms with Crippen LogP contribution in [-0.4, -0.2) is 53.4 Å². The Morgan fingerprint density at radius 3 is 2.50 bits per heavy atom. The van der Waals surface area contributed by atoms with E-state index in [-0.39, 0.29) is 11.9 Å². The van der Waals surface area contributed by atoms with Crippen molar-refractivity contribution >= 4 is 17.5 Å². The van der Waals surface area contributed by atoms with Crippen LogP contribution in [0.2, 0.25) is 5.02 Å². The van der Waals surface area contributed by atoms with Crippen molar-refractivity contribution in [3.05, 3.63) is 46.7 Å². The Kier molecular flexibility index (Phi) is 5.34. The SMILES string of the molecule is COc1ccc(C2(CN3CCC(NC(=O)c4nn(C)cc4Cl)CC3)CC2)cc1. The van der Waals surface area contributed by atoms with Gasteiger partial charge in [-0.15, -0.1) is 0 Å². The van der Waals surface area contributed by atoms with E-state index in [1.54, 1.807) is 25.0 Å². The third kappa shape index (κ3) is 4.03. The van der Waals surface area contributed by atoms with Crippen LogP contribution in [0.1, 0.15) is 41.7 Å². The second-order valence-corrected chi connectivity index (χ2v) is 8.44. The Morgan fingerprint density at radius 1 is 1.29 bits per heavy atom. The molecule has 6 nitrogen and oxygen atoms in total. The van der Waals surface area contributed by atoms with E-state index in [1.807, 2.05) is 0 Å². The number of ether oxygens (including phenoxy) is 1. The van der Waals surface area contributed by atoms with Crippen LogP contribution in [-0.2, 0) is 12.5 Å². The second kappa shape index (κ2) is 7.76. The Balaban J connectivity index is 1.29. The molecule has 0 bridgehead atoms. The molecule has 4 rings (SSSR count). The van der Waals surface area contributed by atoms with Crippen molar-refractivity contribution in [1.82, 2.24) is 20.0 Å². The summed E-state index contributed by atoms with van der Waals surface area (Å²) in [5.41, 5.74) is 2.01. The van der Waals surface area contributed by atoms with Crippen LogP contribution in [0.5, 0.6) is 5.75 Å². The molecular formula is C21H27ClN4O2. The molecule has 7 heteroatoms. The van der Waals surface area contributed by atoms with Crippen LogP contribution in [0.15, 0.2) is 30.5 Å². The number of aromatic nitrogens is 2. The fourth-order valence-corrected chi connectivity index (χ4v) is 4.43. The number of hydrogen-bond acceptors (Lipinski definition) is 4. The Labute approximate surface area is 170 Å². The van der Waals surface area contributed by atoms with Gasteiger partial charge in [0.25, 0.3) is 5.91 Å². The lowest BCUT2D eigenvalue weighted by molar-refractivity contribution is 0.0902. The number of amides is 1. The van der Waals surface area contributed by atoms with Gasteiger partial charge in [-0.05, 0) is 43.4 Å². The standard InChI is InChI=1S/C21H27ClN4O2/c1-25-13-18(22)19(24-25)20(27)23-16-7-11-26(12-8-16)14-21(9-10-21)15-3-5-17(28-2)6-4-15/h3-6,13,16H,7-12,14H2,1-2H3,(H,23,27). The first-order valence-electron chi connectivity index (χ1n) is 9.86. The fourth-order valence-electron chi connectivity index (χ4n) is 4.16. The lowest BCUT2D eigenvalue weighted by atomic mass is 9.93. The molecule has 1 saturated heterocycles. The van der Waals surface area contributed by atoms with E-state index < -0.39 is 0 Å². The topological polar surface area (TPSA) is 59.4 Å². The molecule has 0 unspecified atom stereocenters. The van der Waals surface area contributed by atoms with Crippen molar-refractivity contribution < 1.29 is 9.53 Å². The van der Waals surface area contributed by atoms with Crippen molar-refractivity contribution in [1.29, 1.82) is 0 Å². The highest BCUT2D eigenvalue weighted by molar-refractivity contribution is 6.33. The van der Waals surface area contributed by atoms with Gasteiger partial charge in [0.15, 0.2) is 5.69 Å². The molecule has 1 aromatic carbocycles. The van der Waals surface area contributed by atoms with Crippen molar-refractivity contribution in [3.63, 3.8) is 0 Å². The number of piperidine rings is 1. The first kappa shape index (κ1) is 19.3. The number of nitrogens with zero attached hydrogens (tertiary/aromatic N) is 3. The number of aryl methyl sites for hydroxylation is 1. The van der Waals surface area contributed by atoms with E-state index in [0.717, 1.165) is 38.2 Å². The van der Waals surface area contributed by atoms with Crippen LogP contribution in [0.3, 0.4) is 0 Å². The quantitative estimate of drug-likeness (QED) is 0.806. The molecule has 1 aliphatic carbocycles. The van der Waals surface area contributed by atoms with Crippen LogP contribution < -0.4 is 10.1 Å². The highest BCUT2D eigenvalue weighted by Gasteiger charge is 2.45. The molecule has 150 valence electrons. The van der Waals surface area contributed by atoms with Crippen LogP contribution in [0.25, 0.3) is 0 Å². The summed E-state index contributed by atoms with van der Waals surface area (Å²) in [7, 11) is 3.46. The van der Waals surface area contributed by atoms with Gasteiger partial charge < -0.3 is 15.0 Å². The number of carbonyl (C=O) groups is 1. The van der Waals surface area contributed by atoms with Gasteiger partial charge in [-0.25, -0.2) is 0 Å². The molecule has 0 radical (unpaired) electrons. The van der Waals surface area contributed by atoms with Crippen LogP contribution in [0, 0.1) is 0 Å². The minimum atomic E-state index is -0.180. The summed E-state index contributed by atoms with van der Waals surface area (Å²) < 4.78 is 6.84. The number of hydrogen-bond donors (Lipinski definition) is 1. The van der Waals surface area contributed by atoms with Gasteiger partial charge in [0, 0.05) is 44.3 Å². The average molecular weight is 403 g/mol. The fraction of sp³-hybridized carbons (Fsp3) is 0.524. The Morgan fingerprint density at radius 2 is 1.96 bits per heavy atom. The number of rotatable bonds is 6. The summed E-state index contributed by atoms with van der Waals surface area (Å²) in [5.74, 6) is 0.727. The Hall–Kier alpha value is -2.05. The summed E-state index contributed by atoms with van der Waals surface area (Å²) >= 11 is 6.08. The molecule has 1 N–H and O–H groups in total. The third-order valence-corrected chi connectivity index (χ3v) is 6.28. The molecular weight excluding hydrogens is 376 g/mol. The highest BCUT2D eigenvalue weighted by Crippen LogP contribution is 2.49. The summed E-state index contributed by atoms with van der Waals surface area (Å²) in [5, 5.41) is 7.64. The molecule has 1 aromatic heterocycles. The van der Waals surface area contributed by atoms with E-state index in [1.165, 1.54) is 18.4 Å². The number of likely N-dealkylation sites (tertiary alicyclic amines) is 1. The zero-order valence-electron chi connectivity index (χ0n) is 16.4. The molecule has 0 spiro atoms. The average Bonchev–Trinajstić information content (AvgIpc) is 3.40. The monoisotopic (exact) mass is 402 g/mol. The van der Waals surface area contributed by atoms with Crippen molar-refractivity contribution in [2.45, 2.75) is 37.1 Å². The van der Waals surface area contributed by atoms with Crippen LogP contribution in [0.4, 0.5) is 0 Å². The van der Waals surface area contributed by atoms with Gasteiger partial charge in [-0.1, -0.05) is 23.7 Å². The maximum Gasteiger partial charge on any atom is 0.273 e. The van der Waals surface area contributed by atoms with E-state index in [2.05, 4.69) is 39.6 Å². The number of methoxy groups -OCH3 is 1. The predicted molar refractivity (Wildman–Crippen MR) is 109 cm³/mol. The minimum absolute atomic E-state index is 0.179. The van der Waals surface area contributed by atoms with E-state index >= 15 is 0 Å². The van der Waals surface area contributed by atoms with Crippen LogP contribution >= 0.6 is 11.6 Å². The molecule has 1 saturated carbocycles. The zero-order valence-corrected chi connectivity index (χ0v) is 17.2. The van der Waals surface area contributed by atoms with Crippen molar-refractivity contribution in [3.8, 4) is 5.75 Å². The van der Waals surface area contributed by atoms with Gasteiger partial charge in [-0.3, -0.25) is 9.48 Å². The van der Waals surface area contributed by atoms with E-state index in [0.29, 0.717) is 16.1 Å². The summed E-state index contributed by atoms with van der Waals surface area (Å²) in [6, 6.07) is 8.70. The molecule has 0 atom stereocenters. The molecule has 2 fully saturated rings. The predicted octanol–water partition coefficient (Wildman–Crippen LogP) is 3.01. The van der Waals surface area contributed by atoms with E-state index in [4.69, 9.17) is 16.3 Å². The molecule has 2 aromatic rings. The van der Waals surface area contributed by atoms with Gasteiger partial charge in [-0.2, -0.15) is 5.10 Å². The molecule has 1 amide bonds. The molecule has 2 heterocycles. The Bertz CT molecular complexity index is 837. The van der Waals surface area contributed by atoms with Crippen molar-refractivity contribution in [2.24, 2.45) is 7.05 Å². The molecule has 28 heavy (non-hydrogen) atoms. The lowest BCUT2D eigenvalue weighted by Crippen LogP contribution is -2.46. The summed E-state index contributed by atoms with van der Waals surface area (Å²) in [6.07, 6.45) is 6.04.